The summed E-state index contributed by atoms with van der Waals surface area (Å²) in [4.78, 5) is 6.87. The normalized spacial score (nSPS) is 17.0. The number of hydrogen-bond donors (Lipinski definition) is 0. The van der Waals surface area contributed by atoms with E-state index < -0.39 is 0 Å². The van der Waals surface area contributed by atoms with E-state index in [0.717, 1.165) is 30.6 Å². The first-order valence-electron chi connectivity index (χ1n) is 10.8. The highest BCUT2D eigenvalue weighted by atomic mass is 19.1. The second-order valence-corrected chi connectivity index (χ2v) is 8.81. The third-order valence-corrected chi connectivity index (χ3v) is 6.32. The van der Waals surface area contributed by atoms with Crippen molar-refractivity contribution < 1.29 is 9.13 Å². The Balaban J connectivity index is 1.55. The fraction of sp³-hybridized carbons (Fsp3) is 0.320. The number of aryl methyl sites for hydroxylation is 1. The number of ether oxygens (including phenoxy) is 1. The molecule has 1 fully saturated rings. The summed E-state index contributed by atoms with van der Waals surface area (Å²) in [5.41, 5.74) is 3.86. The lowest BCUT2D eigenvalue weighted by Crippen LogP contribution is -2.38. The van der Waals surface area contributed by atoms with E-state index in [1.165, 1.54) is 11.6 Å². The summed E-state index contributed by atoms with van der Waals surface area (Å²) in [7, 11) is 0. The molecule has 2 aromatic heterocycles. The molecule has 0 bridgehead atoms. The standard InChI is InChI=1S/C25H22FN5O/c1-16-28-29-24-27-23(22-19(26)8-4-10-21(22)31(16)24)30-13-5-7-18-17(6-3-9-20(18)30)11-12-25(2)14-32-15-25/h3-4,6,8-10H,5,7,13-15H2,1-2H3. The maximum Gasteiger partial charge on any atom is 0.257 e. The van der Waals surface area contributed by atoms with E-state index in [0.29, 0.717) is 41.5 Å². The molecule has 0 unspecified atom stereocenters. The van der Waals surface area contributed by atoms with Crippen LogP contribution < -0.4 is 4.90 Å². The van der Waals surface area contributed by atoms with Crippen molar-refractivity contribution in [1.82, 2.24) is 19.6 Å². The fourth-order valence-corrected chi connectivity index (χ4v) is 4.63. The molecule has 4 heterocycles. The van der Waals surface area contributed by atoms with Crippen LogP contribution in [-0.4, -0.2) is 39.3 Å². The number of aromatic nitrogens is 4. The van der Waals surface area contributed by atoms with Gasteiger partial charge in [0.1, 0.15) is 17.5 Å². The molecule has 0 N–H and O–H groups in total. The number of fused-ring (bicyclic) bond motifs is 4. The molecule has 160 valence electrons. The van der Waals surface area contributed by atoms with Gasteiger partial charge in [-0.05, 0) is 56.5 Å². The Hall–Kier alpha value is -3.50. The zero-order valence-corrected chi connectivity index (χ0v) is 18.0. The summed E-state index contributed by atoms with van der Waals surface area (Å²) >= 11 is 0. The largest absolute Gasteiger partial charge is 0.378 e. The second-order valence-electron chi connectivity index (χ2n) is 8.81. The van der Waals surface area contributed by atoms with Gasteiger partial charge in [-0.3, -0.25) is 4.40 Å². The van der Waals surface area contributed by atoms with Gasteiger partial charge < -0.3 is 9.64 Å². The molecule has 1 saturated heterocycles. The molecule has 0 amide bonds. The summed E-state index contributed by atoms with van der Waals surface area (Å²) in [6.45, 7) is 6.07. The van der Waals surface area contributed by atoms with Gasteiger partial charge in [-0.15, -0.1) is 10.2 Å². The van der Waals surface area contributed by atoms with Crippen LogP contribution >= 0.6 is 0 Å². The summed E-state index contributed by atoms with van der Waals surface area (Å²) in [6.07, 6.45) is 1.86. The molecule has 2 aliphatic heterocycles. The van der Waals surface area contributed by atoms with E-state index in [1.807, 2.05) is 19.1 Å². The third kappa shape index (κ3) is 2.87. The number of halogens is 1. The highest BCUT2D eigenvalue weighted by Crippen LogP contribution is 2.38. The van der Waals surface area contributed by atoms with Crippen LogP contribution in [0.4, 0.5) is 15.9 Å². The number of rotatable bonds is 1. The molecular formula is C25H22FN5O. The van der Waals surface area contributed by atoms with Gasteiger partial charge in [0.15, 0.2) is 0 Å². The SMILES string of the molecule is Cc1nnc2nc(N3CCCc4c(C#CC5(C)COC5)cccc43)c3c(F)cccc3n12. The first-order valence-corrected chi connectivity index (χ1v) is 10.8. The molecule has 4 aromatic rings. The third-order valence-electron chi connectivity index (χ3n) is 6.32. The lowest BCUT2D eigenvalue weighted by molar-refractivity contribution is -0.0648. The van der Waals surface area contributed by atoms with E-state index in [4.69, 9.17) is 9.72 Å². The zero-order chi connectivity index (χ0) is 21.9. The van der Waals surface area contributed by atoms with Crippen LogP contribution in [-0.2, 0) is 11.2 Å². The van der Waals surface area contributed by atoms with Crippen LogP contribution in [0.2, 0.25) is 0 Å². The van der Waals surface area contributed by atoms with Crippen molar-refractivity contribution in [2.45, 2.75) is 26.7 Å². The van der Waals surface area contributed by atoms with Gasteiger partial charge in [0.25, 0.3) is 5.78 Å². The summed E-state index contributed by atoms with van der Waals surface area (Å²) in [5.74, 6) is 8.20. The molecule has 0 aliphatic carbocycles. The van der Waals surface area contributed by atoms with Crippen LogP contribution in [0.3, 0.4) is 0 Å². The first kappa shape index (κ1) is 19.2. The minimum Gasteiger partial charge on any atom is -0.378 e. The molecule has 6 nitrogen and oxygen atoms in total. The fourth-order valence-electron chi connectivity index (χ4n) is 4.63. The summed E-state index contributed by atoms with van der Waals surface area (Å²) < 4.78 is 22.3. The van der Waals surface area contributed by atoms with Crippen molar-refractivity contribution in [3.8, 4) is 11.8 Å². The molecule has 0 saturated carbocycles. The Morgan fingerprint density at radius 3 is 2.78 bits per heavy atom. The lowest BCUT2D eigenvalue weighted by atomic mass is 9.88. The Bertz CT molecular complexity index is 1440. The van der Waals surface area contributed by atoms with Crippen molar-refractivity contribution in [3.05, 3.63) is 59.2 Å². The van der Waals surface area contributed by atoms with Crippen LogP contribution in [0.1, 0.15) is 30.3 Å². The van der Waals surface area contributed by atoms with Crippen LogP contribution in [0.25, 0.3) is 16.7 Å². The van der Waals surface area contributed by atoms with Crippen LogP contribution in [0, 0.1) is 30.0 Å². The van der Waals surface area contributed by atoms with Crippen LogP contribution in [0.15, 0.2) is 36.4 Å². The monoisotopic (exact) mass is 427 g/mol. The Kier molecular flexibility index (Phi) is 4.21. The minimum atomic E-state index is -0.305. The van der Waals surface area contributed by atoms with Crippen molar-refractivity contribution in [1.29, 1.82) is 0 Å². The van der Waals surface area contributed by atoms with E-state index in [-0.39, 0.29) is 11.2 Å². The predicted octanol–water partition coefficient (Wildman–Crippen LogP) is 4.20. The maximum atomic E-state index is 15.2. The lowest BCUT2D eigenvalue weighted by Gasteiger charge is -2.33. The summed E-state index contributed by atoms with van der Waals surface area (Å²) in [5, 5.41) is 8.86. The van der Waals surface area contributed by atoms with E-state index >= 15 is 4.39 Å². The molecular weight excluding hydrogens is 405 g/mol. The van der Waals surface area contributed by atoms with Gasteiger partial charge in [-0.25, -0.2) is 4.39 Å². The molecule has 0 atom stereocenters. The predicted molar refractivity (Wildman–Crippen MR) is 121 cm³/mol. The number of hydrogen-bond acceptors (Lipinski definition) is 5. The number of benzene rings is 2. The molecule has 2 aromatic carbocycles. The maximum absolute atomic E-state index is 15.2. The van der Waals surface area contributed by atoms with Crippen molar-refractivity contribution in [2.24, 2.45) is 5.41 Å². The molecule has 0 spiro atoms. The van der Waals surface area contributed by atoms with Gasteiger partial charge in [0, 0.05) is 17.8 Å². The van der Waals surface area contributed by atoms with Gasteiger partial charge in [0.2, 0.25) is 0 Å². The van der Waals surface area contributed by atoms with Gasteiger partial charge in [0.05, 0.1) is 29.5 Å². The van der Waals surface area contributed by atoms with Gasteiger partial charge in [-0.2, -0.15) is 4.98 Å². The topological polar surface area (TPSA) is 55.5 Å². The smallest absolute Gasteiger partial charge is 0.257 e. The van der Waals surface area contributed by atoms with Crippen molar-refractivity contribution >= 4 is 28.2 Å². The average molecular weight is 427 g/mol. The van der Waals surface area contributed by atoms with Crippen molar-refractivity contribution in [2.75, 3.05) is 24.7 Å². The zero-order valence-electron chi connectivity index (χ0n) is 18.0. The molecule has 2 aliphatic rings. The average Bonchev–Trinajstić information content (AvgIpc) is 3.16. The second kappa shape index (κ2) is 7.01. The Morgan fingerprint density at radius 1 is 1.12 bits per heavy atom. The molecule has 32 heavy (non-hydrogen) atoms. The van der Waals surface area contributed by atoms with Crippen LogP contribution in [0.5, 0.6) is 0 Å². The quantitative estimate of drug-likeness (QED) is 0.426. The summed E-state index contributed by atoms with van der Waals surface area (Å²) in [6, 6.07) is 11.2. The minimum absolute atomic E-state index is 0.0749. The van der Waals surface area contributed by atoms with Gasteiger partial charge in [-0.1, -0.05) is 24.0 Å². The molecule has 7 heteroatoms. The molecule has 6 rings (SSSR count). The van der Waals surface area contributed by atoms with E-state index in [1.54, 1.807) is 10.5 Å². The number of anilines is 2. The van der Waals surface area contributed by atoms with Crippen molar-refractivity contribution in [3.63, 3.8) is 0 Å². The highest BCUT2D eigenvalue weighted by Gasteiger charge is 2.31. The van der Waals surface area contributed by atoms with E-state index in [2.05, 4.69) is 46.0 Å². The highest BCUT2D eigenvalue weighted by molar-refractivity contribution is 5.94. The number of nitrogens with zero attached hydrogens (tertiary/aromatic N) is 5. The first-order chi connectivity index (χ1) is 15.5. The molecule has 0 radical (unpaired) electrons. The van der Waals surface area contributed by atoms with E-state index in [9.17, 15) is 0 Å². The van der Waals surface area contributed by atoms with Gasteiger partial charge >= 0.3 is 0 Å². The Labute approximate surface area is 185 Å². The Morgan fingerprint density at radius 2 is 1.97 bits per heavy atom.